The molecular weight excluding hydrogens is 428 g/mol. The predicted octanol–water partition coefficient (Wildman–Crippen LogP) is 1.21. The minimum atomic E-state index is -0.782. The predicted molar refractivity (Wildman–Crippen MR) is 128 cm³/mol. The zero-order chi connectivity index (χ0) is 24.1. The van der Waals surface area contributed by atoms with Crippen LogP contribution in [0.2, 0.25) is 0 Å². The summed E-state index contributed by atoms with van der Waals surface area (Å²) in [5, 5.41) is 10.2. The molecule has 0 heterocycles. The van der Waals surface area contributed by atoms with Crippen molar-refractivity contribution in [2.24, 2.45) is 5.92 Å². The summed E-state index contributed by atoms with van der Waals surface area (Å²) in [6.07, 6.45) is 1.82. The first-order valence-electron chi connectivity index (χ1n) is 10.9. The highest BCUT2D eigenvalue weighted by atomic mass is 32.1. The van der Waals surface area contributed by atoms with Gasteiger partial charge in [0.15, 0.2) is 0 Å². The number of hydrogen-bond donors (Lipinski definition) is 5. The van der Waals surface area contributed by atoms with Crippen LogP contribution in [0.1, 0.15) is 45.6 Å². The summed E-state index contributed by atoms with van der Waals surface area (Å²) in [4.78, 5) is 48.9. The Balaban J connectivity index is 2.78. The van der Waals surface area contributed by atoms with Crippen molar-refractivity contribution in [2.75, 3.05) is 13.6 Å². The number of nitrogens with one attached hydrogen (secondary N) is 4. The standard InChI is InChI=1S/C23H36N4O4S/c1-15(2)13-18(27-23(31)20(32)11-8-12-25-16(3)28)22(30)26-19(21(29)24-4)14-17-9-6-5-7-10-17/h5-7,9-10,15,18-20,32H,8,11-14H2,1-4H3,(H,24,29)(H,25,28)(H,26,30)(H,27,31)/t18-,19-,20?/m0/s1. The summed E-state index contributed by atoms with van der Waals surface area (Å²) >= 11 is 4.35. The van der Waals surface area contributed by atoms with Gasteiger partial charge in [-0.3, -0.25) is 19.2 Å². The molecule has 0 aliphatic rings. The molecule has 4 amide bonds. The molecule has 0 aliphatic heterocycles. The van der Waals surface area contributed by atoms with Crippen molar-refractivity contribution in [1.82, 2.24) is 21.3 Å². The molecule has 1 rings (SSSR count). The van der Waals surface area contributed by atoms with Crippen molar-refractivity contribution in [2.45, 2.75) is 63.8 Å². The van der Waals surface area contributed by atoms with E-state index in [4.69, 9.17) is 0 Å². The minimum absolute atomic E-state index is 0.125. The smallest absolute Gasteiger partial charge is 0.243 e. The lowest BCUT2D eigenvalue weighted by Gasteiger charge is -2.25. The highest BCUT2D eigenvalue weighted by Crippen LogP contribution is 2.10. The summed E-state index contributed by atoms with van der Waals surface area (Å²) in [5.41, 5.74) is 0.917. The molecule has 1 unspecified atom stereocenters. The summed E-state index contributed by atoms with van der Waals surface area (Å²) in [7, 11) is 1.52. The third-order valence-corrected chi connectivity index (χ3v) is 5.33. The first-order valence-corrected chi connectivity index (χ1v) is 11.4. The van der Waals surface area contributed by atoms with Crippen LogP contribution in [0.4, 0.5) is 0 Å². The van der Waals surface area contributed by atoms with E-state index in [0.29, 0.717) is 32.2 Å². The Hall–Kier alpha value is -2.55. The summed E-state index contributed by atoms with van der Waals surface area (Å²) in [5.74, 6) is -1.04. The van der Waals surface area contributed by atoms with E-state index in [1.54, 1.807) is 0 Å². The zero-order valence-electron chi connectivity index (χ0n) is 19.3. The molecule has 3 atom stereocenters. The lowest BCUT2D eigenvalue weighted by molar-refractivity contribution is -0.132. The van der Waals surface area contributed by atoms with Gasteiger partial charge in [-0.1, -0.05) is 44.2 Å². The highest BCUT2D eigenvalue weighted by molar-refractivity contribution is 7.81. The van der Waals surface area contributed by atoms with Crippen LogP contribution in [-0.4, -0.2) is 54.6 Å². The van der Waals surface area contributed by atoms with Crippen LogP contribution < -0.4 is 21.3 Å². The Morgan fingerprint density at radius 1 is 0.938 bits per heavy atom. The van der Waals surface area contributed by atoms with Crippen LogP contribution in [-0.2, 0) is 25.6 Å². The third-order valence-electron chi connectivity index (χ3n) is 4.83. The van der Waals surface area contributed by atoms with Crippen LogP contribution in [0.25, 0.3) is 0 Å². The average molecular weight is 465 g/mol. The highest BCUT2D eigenvalue weighted by Gasteiger charge is 2.28. The lowest BCUT2D eigenvalue weighted by atomic mass is 10.0. The average Bonchev–Trinajstić information content (AvgIpc) is 2.75. The maximum atomic E-state index is 13.0. The molecular formula is C23H36N4O4S. The van der Waals surface area contributed by atoms with Gasteiger partial charge in [-0.05, 0) is 30.7 Å². The Morgan fingerprint density at radius 3 is 2.12 bits per heavy atom. The van der Waals surface area contributed by atoms with Gasteiger partial charge in [0.25, 0.3) is 0 Å². The van der Waals surface area contributed by atoms with Gasteiger partial charge in [0.05, 0.1) is 5.25 Å². The molecule has 1 aromatic rings. The maximum Gasteiger partial charge on any atom is 0.243 e. The fourth-order valence-electron chi connectivity index (χ4n) is 3.17. The molecule has 1 aromatic carbocycles. The molecule has 0 spiro atoms. The van der Waals surface area contributed by atoms with Gasteiger partial charge >= 0.3 is 0 Å². The molecule has 0 saturated carbocycles. The summed E-state index contributed by atoms with van der Waals surface area (Å²) < 4.78 is 0. The largest absolute Gasteiger partial charge is 0.357 e. The molecule has 8 nitrogen and oxygen atoms in total. The van der Waals surface area contributed by atoms with Gasteiger partial charge in [0.1, 0.15) is 12.1 Å². The SMILES string of the molecule is CNC(=O)[C@H](Cc1ccccc1)NC(=O)[C@H](CC(C)C)NC(=O)C(S)CCCNC(C)=O. The van der Waals surface area contributed by atoms with Gasteiger partial charge < -0.3 is 21.3 Å². The van der Waals surface area contributed by atoms with Crippen molar-refractivity contribution >= 4 is 36.3 Å². The molecule has 0 radical (unpaired) electrons. The topological polar surface area (TPSA) is 116 Å². The van der Waals surface area contributed by atoms with Crippen LogP contribution in [0, 0.1) is 5.92 Å². The van der Waals surface area contributed by atoms with E-state index in [0.717, 1.165) is 5.56 Å². The number of amides is 4. The Bertz CT molecular complexity index is 758. The molecule has 0 bridgehead atoms. The third kappa shape index (κ3) is 10.7. The zero-order valence-corrected chi connectivity index (χ0v) is 20.2. The monoisotopic (exact) mass is 464 g/mol. The van der Waals surface area contributed by atoms with Gasteiger partial charge in [0, 0.05) is 26.9 Å². The number of carbonyl (C=O) groups excluding carboxylic acids is 4. The molecule has 178 valence electrons. The first-order chi connectivity index (χ1) is 15.1. The molecule has 4 N–H and O–H groups in total. The van der Waals surface area contributed by atoms with Crippen molar-refractivity contribution < 1.29 is 19.2 Å². The fourth-order valence-corrected chi connectivity index (χ4v) is 3.42. The van der Waals surface area contributed by atoms with Gasteiger partial charge in [0.2, 0.25) is 23.6 Å². The molecule has 0 fully saturated rings. The minimum Gasteiger partial charge on any atom is -0.357 e. The van der Waals surface area contributed by atoms with E-state index < -0.39 is 23.2 Å². The van der Waals surface area contributed by atoms with Crippen LogP contribution in [0.5, 0.6) is 0 Å². The van der Waals surface area contributed by atoms with Crippen molar-refractivity contribution in [3.63, 3.8) is 0 Å². The second-order valence-electron chi connectivity index (χ2n) is 8.20. The number of hydrogen-bond acceptors (Lipinski definition) is 5. The number of rotatable bonds is 13. The van der Waals surface area contributed by atoms with Gasteiger partial charge in [-0.15, -0.1) is 0 Å². The normalized spacial score (nSPS) is 13.6. The van der Waals surface area contributed by atoms with E-state index in [1.807, 2.05) is 44.2 Å². The number of thiol groups is 1. The molecule has 0 saturated heterocycles. The quantitative estimate of drug-likeness (QED) is 0.223. The van der Waals surface area contributed by atoms with Crippen molar-refractivity contribution in [3.05, 3.63) is 35.9 Å². The van der Waals surface area contributed by atoms with E-state index >= 15 is 0 Å². The van der Waals surface area contributed by atoms with E-state index in [9.17, 15) is 19.2 Å². The summed E-state index contributed by atoms with van der Waals surface area (Å²) in [6, 6.07) is 7.87. The van der Waals surface area contributed by atoms with Gasteiger partial charge in [-0.2, -0.15) is 12.6 Å². The Kier molecular flexibility index (Phi) is 12.5. The van der Waals surface area contributed by atoms with Crippen LogP contribution >= 0.6 is 12.6 Å². The van der Waals surface area contributed by atoms with E-state index in [1.165, 1.54) is 14.0 Å². The summed E-state index contributed by atoms with van der Waals surface area (Å²) in [6.45, 7) is 5.81. The van der Waals surface area contributed by atoms with E-state index in [-0.39, 0.29) is 23.6 Å². The fraction of sp³-hybridized carbons (Fsp3) is 0.565. The molecule has 32 heavy (non-hydrogen) atoms. The second kappa shape index (κ2) is 14.5. The Labute approximate surface area is 196 Å². The molecule has 0 aliphatic carbocycles. The maximum absolute atomic E-state index is 13.0. The second-order valence-corrected chi connectivity index (χ2v) is 8.82. The molecule has 9 heteroatoms. The Morgan fingerprint density at radius 2 is 1.56 bits per heavy atom. The van der Waals surface area contributed by atoms with Gasteiger partial charge in [-0.25, -0.2) is 0 Å². The van der Waals surface area contributed by atoms with Crippen LogP contribution in [0.3, 0.4) is 0 Å². The number of benzene rings is 1. The molecule has 0 aromatic heterocycles. The number of carbonyl (C=O) groups is 4. The van der Waals surface area contributed by atoms with Crippen molar-refractivity contribution in [1.29, 1.82) is 0 Å². The lowest BCUT2D eigenvalue weighted by Crippen LogP contribution is -2.55. The van der Waals surface area contributed by atoms with Crippen LogP contribution in [0.15, 0.2) is 30.3 Å². The number of likely N-dealkylation sites (N-methyl/N-ethyl adjacent to an activating group) is 1. The first kappa shape index (κ1) is 27.5. The van der Waals surface area contributed by atoms with E-state index in [2.05, 4.69) is 33.9 Å². The van der Waals surface area contributed by atoms with Crippen molar-refractivity contribution in [3.8, 4) is 0 Å².